The summed E-state index contributed by atoms with van der Waals surface area (Å²) in [5.41, 5.74) is 0.148. The highest BCUT2D eigenvalue weighted by Crippen LogP contribution is 2.45. The monoisotopic (exact) mass is 630 g/mol. The number of unbranched alkanes of at least 4 members (excludes halogenated alkanes) is 1. The van der Waals surface area contributed by atoms with E-state index in [4.69, 9.17) is 55.9 Å². The van der Waals surface area contributed by atoms with Gasteiger partial charge in [0, 0.05) is 5.69 Å². The molecule has 214 valence electrons. The number of fused-ring (bicyclic) bond motifs is 1. The number of carbonyl (C=O) groups excluding carboxylic acids is 5. The second-order valence-corrected chi connectivity index (χ2v) is 10.9. The zero-order chi connectivity index (χ0) is 29.7. The normalized spacial score (nSPS) is 13.3. The first-order valence-electron chi connectivity index (χ1n) is 12.4. The molecule has 2 aromatic carbocycles. The number of amides is 3. The predicted octanol–water partition coefficient (Wildman–Crippen LogP) is 6.45. The predicted molar refractivity (Wildman–Crippen MR) is 151 cm³/mol. The summed E-state index contributed by atoms with van der Waals surface area (Å²) in [6.07, 6.45) is 1.69. The zero-order valence-electron chi connectivity index (χ0n) is 21.8. The van der Waals surface area contributed by atoms with Crippen LogP contribution in [-0.2, 0) is 19.1 Å². The van der Waals surface area contributed by atoms with Crippen LogP contribution in [0.1, 0.15) is 71.1 Å². The molecule has 0 fully saturated rings. The van der Waals surface area contributed by atoms with E-state index in [1.54, 1.807) is 13.8 Å². The number of nitrogens with zero attached hydrogens (tertiary/aromatic N) is 1. The van der Waals surface area contributed by atoms with Crippen LogP contribution in [0.25, 0.3) is 0 Å². The average Bonchev–Trinajstić information content (AvgIpc) is 3.17. The van der Waals surface area contributed by atoms with Gasteiger partial charge in [0.25, 0.3) is 17.7 Å². The molecule has 0 saturated carbocycles. The molecule has 2 aromatic rings. The number of esters is 2. The number of hydrogen-bond acceptors (Lipinski definition) is 7. The summed E-state index contributed by atoms with van der Waals surface area (Å²) < 4.78 is 10.3. The van der Waals surface area contributed by atoms with Crippen molar-refractivity contribution >= 4 is 81.8 Å². The molecule has 1 atom stereocenters. The van der Waals surface area contributed by atoms with Crippen LogP contribution in [0, 0.1) is 5.92 Å². The molecule has 0 aromatic heterocycles. The van der Waals surface area contributed by atoms with Gasteiger partial charge in [-0.2, -0.15) is 0 Å². The minimum atomic E-state index is -1.37. The van der Waals surface area contributed by atoms with E-state index in [9.17, 15) is 24.0 Å². The van der Waals surface area contributed by atoms with E-state index in [2.05, 4.69) is 5.32 Å². The first kappa shape index (κ1) is 31.7. The van der Waals surface area contributed by atoms with Crippen LogP contribution in [0.15, 0.2) is 24.3 Å². The van der Waals surface area contributed by atoms with Gasteiger partial charge in [-0.3, -0.25) is 19.3 Å². The molecule has 0 bridgehead atoms. The van der Waals surface area contributed by atoms with Gasteiger partial charge in [0.15, 0.2) is 6.61 Å². The van der Waals surface area contributed by atoms with Crippen LogP contribution < -0.4 is 5.32 Å². The Kier molecular flexibility index (Phi) is 10.8. The largest absolute Gasteiger partial charge is 0.462 e. The Morgan fingerprint density at radius 3 is 1.93 bits per heavy atom. The Balaban J connectivity index is 1.69. The van der Waals surface area contributed by atoms with Crippen LogP contribution in [0.5, 0.6) is 0 Å². The van der Waals surface area contributed by atoms with Gasteiger partial charge >= 0.3 is 11.9 Å². The third kappa shape index (κ3) is 6.89. The molecule has 1 aliphatic heterocycles. The highest BCUT2D eigenvalue weighted by atomic mass is 35.5. The van der Waals surface area contributed by atoms with E-state index in [1.165, 1.54) is 24.3 Å². The van der Waals surface area contributed by atoms with Gasteiger partial charge in [-0.15, -0.1) is 0 Å². The highest BCUT2D eigenvalue weighted by molar-refractivity contribution is 6.55. The van der Waals surface area contributed by atoms with E-state index >= 15 is 0 Å². The number of ether oxygens (including phenoxy) is 2. The quantitative estimate of drug-likeness (QED) is 0.0995. The SMILES string of the molecule is CCCCOC(=O)c1ccc(NC(=O)COC(=O)[C@@H](CC(C)C)N2C(=O)c3c(Cl)c(Cl)c(Cl)c(Cl)c3C2=O)cc1. The third-order valence-electron chi connectivity index (χ3n) is 5.89. The summed E-state index contributed by atoms with van der Waals surface area (Å²) in [4.78, 5) is 64.7. The summed E-state index contributed by atoms with van der Waals surface area (Å²) >= 11 is 24.5. The van der Waals surface area contributed by atoms with Crippen molar-refractivity contribution in [2.45, 2.75) is 46.1 Å². The molecule has 40 heavy (non-hydrogen) atoms. The summed E-state index contributed by atoms with van der Waals surface area (Å²) in [6, 6.07) is 4.61. The Labute approximate surface area is 251 Å². The molecule has 1 heterocycles. The fourth-order valence-corrected chi connectivity index (χ4v) is 4.93. The number of imide groups is 1. The molecular formula is C27H26Cl4N2O7. The van der Waals surface area contributed by atoms with Crippen LogP contribution in [0.4, 0.5) is 5.69 Å². The first-order valence-corrected chi connectivity index (χ1v) is 13.9. The van der Waals surface area contributed by atoms with Crippen molar-refractivity contribution in [1.82, 2.24) is 4.90 Å². The average molecular weight is 632 g/mol. The van der Waals surface area contributed by atoms with Crippen molar-refractivity contribution in [1.29, 1.82) is 0 Å². The van der Waals surface area contributed by atoms with Crippen molar-refractivity contribution in [2.24, 2.45) is 5.92 Å². The number of halogens is 4. The molecule has 0 unspecified atom stereocenters. The van der Waals surface area contributed by atoms with Crippen molar-refractivity contribution < 1.29 is 33.4 Å². The van der Waals surface area contributed by atoms with Gasteiger partial charge in [0.05, 0.1) is 43.4 Å². The molecule has 0 radical (unpaired) electrons. The summed E-state index contributed by atoms with van der Waals surface area (Å²) in [6.45, 7) is 5.16. The molecule has 3 rings (SSSR count). The van der Waals surface area contributed by atoms with E-state index in [0.717, 1.165) is 12.8 Å². The van der Waals surface area contributed by atoms with Crippen molar-refractivity contribution in [3.63, 3.8) is 0 Å². The smallest absolute Gasteiger partial charge is 0.338 e. The summed E-state index contributed by atoms with van der Waals surface area (Å²) in [5.74, 6) is -4.05. The van der Waals surface area contributed by atoms with E-state index in [-0.39, 0.29) is 43.6 Å². The van der Waals surface area contributed by atoms with Crippen LogP contribution in [0.3, 0.4) is 0 Å². The van der Waals surface area contributed by atoms with Gasteiger partial charge in [-0.05, 0) is 43.0 Å². The molecule has 1 aliphatic rings. The molecule has 0 aliphatic carbocycles. The van der Waals surface area contributed by atoms with Crippen molar-refractivity contribution in [3.05, 3.63) is 61.0 Å². The second kappa shape index (κ2) is 13.7. The van der Waals surface area contributed by atoms with E-state index in [1.807, 2.05) is 6.92 Å². The number of rotatable bonds is 11. The highest BCUT2D eigenvalue weighted by Gasteiger charge is 2.47. The number of carbonyl (C=O) groups is 5. The lowest BCUT2D eigenvalue weighted by Crippen LogP contribution is -2.47. The number of nitrogens with one attached hydrogen (secondary N) is 1. The van der Waals surface area contributed by atoms with Crippen molar-refractivity contribution in [2.75, 3.05) is 18.5 Å². The minimum Gasteiger partial charge on any atom is -0.462 e. The summed E-state index contributed by atoms with van der Waals surface area (Å²) in [7, 11) is 0. The molecule has 3 amide bonds. The molecule has 13 heteroatoms. The van der Waals surface area contributed by atoms with Gasteiger partial charge in [-0.1, -0.05) is 73.6 Å². The standard InChI is InChI=1S/C27H26Cl4N2O7/c1-4-5-10-39-26(37)14-6-8-15(9-7-14)32-17(34)12-40-27(38)16(11-13(2)3)33-24(35)18-19(25(33)36)21(29)23(31)22(30)20(18)28/h6-9,13,16H,4-5,10-12H2,1-3H3,(H,32,34)/t16-/m1/s1. The van der Waals surface area contributed by atoms with E-state index < -0.39 is 42.3 Å². The maximum atomic E-state index is 13.2. The lowest BCUT2D eigenvalue weighted by molar-refractivity contribution is -0.151. The maximum absolute atomic E-state index is 13.2. The fourth-order valence-electron chi connectivity index (χ4n) is 3.92. The summed E-state index contributed by atoms with van der Waals surface area (Å²) in [5, 5.41) is 1.63. The van der Waals surface area contributed by atoms with Crippen molar-refractivity contribution in [3.8, 4) is 0 Å². The van der Waals surface area contributed by atoms with Crippen LogP contribution in [-0.4, -0.2) is 53.8 Å². The number of benzene rings is 2. The van der Waals surface area contributed by atoms with Gasteiger partial charge in [0.1, 0.15) is 6.04 Å². The number of hydrogen-bond donors (Lipinski definition) is 1. The molecular weight excluding hydrogens is 606 g/mol. The minimum absolute atomic E-state index is 0.0401. The Morgan fingerprint density at radius 1 is 0.875 bits per heavy atom. The molecule has 0 spiro atoms. The third-order valence-corrected chi connectivity index (χ3v) is 7.69. The first-order chi connectivity index (χ1) is 18.9. The zero-order valence-corrected chi connectivity index (χ0v) is 24.8. The molecule has 9 nitrogen and oxygen atoms in total. The topological polar surface area (TPSA) is 119 Å². The van der Waals surface area contributed by atoms with E-state index in [0.29, 0.717) is 22.8 Å². The Bertz CT molecular complexity index is 1300. The second-order valence-electron chi connectivity index (χ2n) is 9.35. The Morgan fingerprint density at radius 2 is 1.43 bits per heavy atom. The van der Waals surface area contributed by atoms with Crippen LogP contribution in [0.2, 0.25) is 20.1 Å². The van der Waals surface area contributed by atoms with Gasteiger partial charge < -0.3 is 14.8 Å². The maximum Gasteiger partial charge on any atom is 0.338 e. The lowest BCUT2D eigenvalue weighted by atomic mass is 10.0. The van der Waals surface area contributed by atoms with Gasteiger partial charge in [-0.25, -0.2) is 9.59 Å². The fraction of sp³-hybridized carbons (Fsp3) is 0.370. The number of anilines is 1. The molecule has 1 N–H and O–H groups in total. The molecule has 0 saturated heterocycles. The van der Waals surface area contributed by atoms with Gasteiger partial charge in [0.2, 0.25) is 0 Å². The lowest BCUT2D eigenvalue weighted by Gasteiger charge is -2.26. The van der Waals surface area contributed by atoms with Crippen LogP contribution >= 0.6 is 46.4 Å². The Hall–Kier alpha value is -2.85.